The summed E-state index contributed by atoms with van der Waals surface area (Å²) in [5, 5.41) is 0. The SMILES string of the molecule is Br.Br.O=C([O][Al])c1ccccc1. The first-order valence-electron chi connectivity index (χ1n) is 2.80. The third-order valence-corrected chi connectivity index (χ3v) is 1.33. The van der Waals surface area contributed by atoms with Crippen molar-refractivity contribution in [1.29, 1.82) is 0 Å². The molecule has 0 bridgehead atoms. The molecule has 0 saturated heterocycles. The highest BCUT2D eigenvalue weighted by molar-refractivity contribution is 8.93. The average Bonchev–Trinajstić information content (AvgIpc) is 2.05. The summed E-state index contributed by atoms with van der Waals surface area (Å²) >= 11 is 1.92. The number of carbonyl (C=O) groups excluding carboxylic acids is 1. The van der Waals surface area contributed by atoms with E-state index in [2.05, 4.69) is 3.79 Å². The number of hydrogen-bond acceptors (Lipinski definition) is 2. The normalized spacial score (nSPS) is 7.33. The van der Waals surface area contributed by atoms with Gasteiger partial charge in [-0.05, 0) is 12.1 Å². The molecule has 2 radical (unpaired) electrons. The zero-order valence-corrected chi connectivity index (χ0v) is 10.7. The van der Waals surface area contributed by atoms with E-state index in [-0.39, 0.29) is 39.9 Å². The van der Waals surface area contributed by atoms with Crippen LogP contribution in [-0.2, 0) is 3.79 Å². The summed E-state index contributed by atoms with van der Waals surface area (Å²) in [5.74, 6) is -0.328. The lowest BCUT2D eigenvalue weighted by Crippen LogP contribution is -2.00. The van der Waals surface area contributed by atoms with Gasteiger partial charge in [0, 0.05) is 0 Å². The van der Waals surface area contributed by atoms with Crippen molar-refractivity contribution in [2.24, 2.45) is 0 Å². The molecule has 0 fully saturated rings. The highest BCUT2D eigenvalue weighted by atomic mass is 79.9. The summed E-state index contributed by atoms with van der Waals surface area (Å²) in [6, 6.07) is 8.83. The van der Waals surface area contributed by atoms with Crippen molar-refractivity contribution >= 4 is 56.6 Å². The van der Waals surface area contributed by atoms with E-state index in [1.54, 1.807) is 24.3 Å². The van der Waals surface area contributed by atoms with Crippen LogP contribution in [0.2, 0.25) is 0 Å². The van der Waals surface area contributed by atoms with Crippen LogP contribution >= 0.6 is 34.0 Å². The molecule has 2 nitrogen and oxygen atoms in total. The van der Waals surface area contributed by atoms with E-state index in [1.807, 2.05) is 22.7 Å². The van der Waals surface area contributed by atoms with E-state index in [0.29, 0.717) is 5.56 Å². The molecule has 1 aromatic carbocycles. The van der Waals surface area contributed by atoms with Crippen molar-refractivity contribution in [3.8, 4) is 0 Å². The van der Waals surface area contributed by atoms with Crippen LogP contribution in [0.5, 0.6) is 0 Å². The van der Waals surface area contributed by atoms with Gasteiger partial charge in [-0.15, -0.1) is 34.0 Å². The first kappa shape index (κ1) is 14.7. The van der Waals surface area contributed by atoms with E-state index in [0.717, 1.165) is 0 Å². The second-order valence-corrected chi connectivity index (χ2v) is 2.01. The highest BCUT2D eigenvalue weighted by Gasteiger charge is 1.99. The lowest BCUT2D eigenvalue weighted by atomic mass is 10.2. The largest absolute Gasteiger partial charge is 0.625 e. The molecule has 0 aliphatic heterocycles. The van der Waals surface area contributed by atoms with Gasteiger partial charge in [0.2, 0.25) is 0 Å². The van der Waals surface area contributed by atoms with Gasteiger partial charge < -0.3 is 3.79 Å². The van der Waals surface area contributed by atoms with Gasteiger partial charge in [-0.1, -0.05) is 18.2 Å². The van der Waals surface area contributed by atoms with Crippen molar-refractivity contribution in [2.45, 2.75) is 0 Å². The zero-order valence-electron chi connectivity index (χ0n) is 6.10. The standard InChI is InChI=1S/C7H6O2.Al.2BrH/c8-7(9)6-4-2-1-3-5-6;;;/h1-5H,(H,8,9);;2*1H/q;+1;;/p-1. The van der Waals surface area contributed by atoms with Crippen LogP contribution < -0.4 is 0 Å². The Morgan fingerprint density at radius 1 is 1.17 bits per heavy atom. The third kappa shape index (κ3) is 4.27. The lowest BCUT2D eigenvalue weighted by molar-refractivity contribution is 0.0749. The molecule has 0 atom stereocenters. The molecule has 12 heavy (non-hydrogen) atoms. The number of benzene rings is 1. The predicted octanol–water partition coefficient (Wildman–Crippen LogP) is 2.08. The molecule has 0 aliphatic carbocycles. The fourth-order valence-corrected chi connectivity index (χ4v) is 0.778. The van der Waals surface area contributed by atoms with E-state index >= 15 is 0 Å². The monoisotopic (exact) mass is 308 g/mol. The van der Waals surface area contributed by atoms with Crippen LogP contribution in [-0.4, -0.2) is 22.6 Å². The second kappa shape index (κ2) is 7.81. The first-order valence-corrected chi connectivity index (χ1v) is 3.28. The van der Waals surface area contributed by atoms with E-state index in [9.17, 15) is 4.79 Å². The molecule has 5 heteroatoms. The molecule has 0 aromatic heterocycles. The Balaban J connectivity index is 0. The summed E-state index contributed by atoms with van der Waals surface area (Å²) in [7, 11) is 0. The van der Waals surface area contributed by atoms with Gasteiger partial charge in [-0.25, -0.2) is 4.79 Å². The van der Waals surface area contributed by atoms with Gasteiger partial charge in [-0.2, -0.15) is 0 Å². The van der Waals surface area contributed by atoms with Crippen LogP contribution in [0.1, 0.15) is 10.4 Å². The molecule has 0 unspecified atom stereocenters. The Kier molecular flexibility index (Phi) is 9.57. The molecule has 1 aromatic rings. The maximum absolute atomic E-state index is 10.8. The third-order valence-electron chi connectivity index (χ3n) is 1.12. The van der Waals surface area contributed by atoms with Gasteiger partial charge in [0.15, 0.2) is 0 Å². The van der Waals surface area contributed by atoms with Gasteiger partial charge in [0.25, 0.3) is 0 Å². The summed E-state index contributed by atoms with van der Waals surface area (Å²) in [6.45, 7) is 0. The van der Waals surface area contributed by atoms with Crippen molar-refractivity contribution in [3.63, 3.8) is 0 Å². The summed E-state index contributed by atoms with van der Waals surface area (Å²) in [5.41, 5.74) is 0.567. The minimum absolute atomic E-state index is 0. The maximum Gasteiger partial charge on any atom is 0.485 e. The molecular weight excluding hydrogens is 303 g/mol. The molecule has 0 aliphatic rings. The molecule has 1 rings (SSSR count). The Hall–Kier alpha value is 0.182. The average molecular weight is 310 g/mol. The van der Waals surface area contributed by atoms with Crippen molar-refractivity contribution in [2.75, 3.05) is 0 Å². The number of hydrogen-bond donors (Lipinski definition) is 0. The van der Waals surface area contributed by atoms with Crippen molar-refractivity contribution in [3.05, 3.63) is 35.9 Å². The zero-order chi connectivity index (χ0) is 7.40. The Morgan fingerprint density at radius 2 is 1.67 bits per heavy atom. The molecule has 0 saturated carbocycles. The van der Waals surface area contributed by atoms with Crippen LogP contribution in [0.4, 0.5) is 0 Å². The summed E-state index contributed by atoms with van der Waals surface area (Å²) in [4.78, 5) is 10.8. The number of halogens is 2. The van der Waals surface area contributed by atoms with E-state index < -0.39 is 0 Å². The number of rotatable bonds is 1. The van der Waals surface area contributed by atoms with Gasteiger partial charge >= 0.3 is 22.6 Å². The van der Waals surface area contributed by atoms with Crippen LogP contribution in [0.15, 0.2) is 30.3 Å². The van der Waals surface area contributed by atoms with E-state index in [1.165, 1.54) is 0 Å². The lowest BCUT2D eigenvalue weighted by Gasteiger charge is -1.98. The topological polar surface area (TPSA) is 26.3 Å². The minimum Gasteiger partial charge on any atom is -0.625 e. The van der Waals surface area contributed by atoms with Gasteiger partial charge in [0.1, 0.15) is 0 Å². The summed E-state index contributed by atoms with van der Waals surface area (Å²) in [6.07, 6.45) is 0. The Morgan fingerprint density at radius 3 is 2.08 bits per heavy atom. The molecule has 0 N–H and O–H groups in total. The van der Waals surface area contributed by atoms with Crippen LogP contribution in [0, 0.1) is 0 Å². The Bertz CT molecular complexity index is 228. The minimum atomic E-state index is -0.328. The fraction of sp³-hybridized carbons (Fsp3) is 0. The van der Waals surface area contributed by atoms with Crippen LogP contribution in [0.25, 0.3) is 0 Å². The smallest absolute Gasteiger partial charge is 0.485 e. The quantitative estimate of drug-likeness (QED) is 0.743. The maximum atomic E-state index is 10.8. The van der Waals surface area contributed by atoms with Gasteiger partial charge in [-0.3, -0.25) is 0 Å². The molecule has 0 heterocycles. The second-order valence-electron chi connectivity index (χ2n) is 1.77. The highest BCUT2D eigenvalue weighted by Crippen LogP contribution is 1.98. The molecular formula is C7H7AlBr2O2. The Labute approximate surface area is 101 Å². The van der Waals surface area contributed by atoms with Crippen LogP contribution in [0.3, 0.4) is 0 Å². The summed E-state index contributed by atoms with van der Waals surface area (Å²) < 4.78 is 4.41. The van der Waals surface area contributed by atoms with E-state index in [4.69, 9.17) is 0 Å². The fourth-order valence-electron chi connectivity index (χ4n) is 0.642. The molecule has 64 valence electrons. The predicted molar refractivity (Wildman–Crippen MR) is 58.3 cm³/mol. The molecule has 0 spiro atoms. The van der Waals surface area contributed by atoms with Crippen molar-refractivity contribution in [1.82, 2.24) is 0 Å². The first-order chi connectivity index (χ1) is 4.84. The number of carbonyl (C=O) groups is 1. The van der Waals surface area contributed by atoms with Gasteiger partial charge in [0.05, 0.1) is 5.56 Å². The van der Waals surface area contributed by atoms with Crippen molar-refractivity contribution < 1.29 is 8.58 Å². The molecule has 0 amide bonds.